The monoisotopic (exact) mass is 379 g/mol. The van der Waals surface area contributed by atoms with E-state index >= 15 is 0 Å². The van der Waals surface area contributed by atoms with Crippen LogP contribution in [0.1, 0.15) is 10.4 Å². The number of hydrogen-bond donors (Lipinski definition) is 1. The Bertz CT molecular complexity index is 883. The predicted molar refractivity (Wildman–Crippen MR) is 81.7 cm³/mol. The van der Waals surface area contributed by atoms with E-state index in [1.54, 1.807) is 24.3 Å². The van der Waals surface area contributed by atoms with Gasteiger partial charge in [0.2, 0.25) is 0 Å². The quantitative estimate of drug-likeness (QED) is 0.745. The summed E-state index contributed by atoms with van der Waals surface area (Å²) in [5.74, 6) is -2.17. The molecule has 0 spiro atoms. The first-order chi connectivity index (χ1) is 11.0. The van der Waals surface area contributed by atoms with Crippen LogP contribution in [0.15, 0.2) is 51.4 Å². The molecule has 0 radical (unpaired) electrons. The highest BCUT2D eigenvalue weighted by atomic mass is 79.9. The van der Waals surface area contributed by atoms with Crippen molar-refractivity contribution in [3.63, 3.8) is 0 Å². The number of nitrogens with one attached hydrogen (secondary N) is 1. The smallest absolute Gasteiger partial charge is 0.322 e. The molecule has 1 aromatic heterocycles. The summed E-state index contributed by atoms with van der Waals surface area (Å²) in [4.78, 5) is 12.0. The minimum absolute atomic E-state index is 0.0538. The van der Waals surface area contributed by atoms with Gasteiger partial charge in [0.1, 0.15) is 11.6 Å². The van der Waals surface area contributed by atoms with Gasteiger partial charge in [0.15, 0.2) is 0 Å². The van der Waals surface area contributed by atoms with E-state index in [-0.39, 0.29) is 17.5 Å². The molecule has 23 heavy (non-hydrogen) atoms. The number of amides is 1. The van der Waals surface area contributed by atoms with Crippen molar-refractivity contribution < 1.29 is 18.0 Å². The summed E-state index contributed by atoms with van der Waals surface area (Å²) in [7, 11) is 0. The molecular weight excluding hydrogens is 372 g/mol. The SMILES string of the molecule is O=C(Nc1nnc(-c2ccc(F)cc2F)o1)c1cccc(Br)c1. The van der Waals surface area contributed by atoms with Crippen molar-refractivity contribution in [2.75, 3.05) is 5.32 Å². The van der Waals surface area contributed by atoms with Crippen molar-refractivity contribution in [2.24, 2.45) is 0 Å². The van der Waals surface area contributed by atoms with E-state index in [4.69, 9.17) is 4.42 Å². The number of hydrogen-bond acceptors (Lipinski definition) is 4. The standard InChI is InChI=1S/C15H8BrF2N3O2/c16-9-3-1-2-8(6-9)13(22)19-15-21-20-14(23-15)11-5-4-10(17)7-12(11)18/h1-7H,(H,19,21,22). The lowest BCUT2D eigenvalue weighted by Gasteiger charge is -2.01. The van der Waals surface area contributed by atoms with Gasteiger partial charge in [-0.25, -0.2) is 8.78 Å². The molecule has 5 nitrogen and oxygen atoms in total. The number of rotatable bonds is 3. The summed E-state index contributed by atoms with van der Waals surface area (Å²) in [6.45, 7) is 0. The fourth-order valence-electron chi connectivity index (χ4n) is 1.84. The maximum atomic E-state index is 13.7. The van der Waals surface area contributed by atoms with Crippen LogP contribution in [0.4, 0.5) is 14.8 Å². The van der Waals surface area contributed by atoms with E-state index in [2.05, 4.69) is 31.4 Å². The maximum Gasteiger partial charge on any atom is 0.322 e. The molecule has 0 bridgehead atoms. The van der Waals surface area contributed by atoms with Crippen LogP contribution in [-0.2, 0) is 0 Å². The number of anilines is 1. The Morgan fingerprint density at radius 1 is 1.13 bits per heavy atom. The second kappa shape index (κ2) is 6.25. The topological polar surface area (TPSA) is 68.0 Å². The highest BCUT2D eigenvalue weighted by Gasteiger charge is 2.16. The molecule has 0 aliphatic carbocycles. The van der Waals surface area contributed by atoms with Crippen LogP contribution in [0.3, 0.4) is 0 Å². The van der Waals surface area contributed by atoms with Crippen LogP contribution >= 0.6 is 15.9 Å². The number of benzene rings is 2. The summed E-state index contributed by atoms with van der Waals surface area (Å²) in [5, 5.41) is 9.67. The van der Waals surface area contributed by atoms with E-state index in [1.165, 1.54) is 6.07 Å². The third-order valence-corrected chi connectivity index (χ3v) is 3.39. The molecule has 0 unspecified atom stereocenters. The van der Waals surface area contributed by atoms with Crippen molar-refractivity contribution >= 4 is 27.9 Å². The first-order valence-electron chi connectivity index (χ1n) is 6.39. The highest BCUT2D eigenvalue weighted by molar-refractivity contribution is 9.10. The number of carbonyl (C=O) groups is 1. The summed E-state index contributed by atoms with van der Waals surface area (Å²) in [6, 6.07) is 9.47. The molecule has 0 aliphatic rings. The molecule has 3 rings (SSSR count). The molecule has 1 N–H and O–H groups in total. The van der Waals surface area contributed by atoms with Crippen LogP contribution in [0.2, 0.25) is 0 Å². The Morgan fingerprint density at radius 3 is 2.70 bits per heavy atom. The molecule has 116 valence electrons. The largest absolute Gasteiger partial charge is 0.403 e. The lowest BCUT2D eigenvalue weighted by atomic mass is 10.2. The molecule has 1 amide bonds. The lowest BCUT2D eigenvalue weighted by molar-refractivity contribution is 0.102. The van der Waals surface area contributed by atoms with E-state index in [0.717, 1.165) is 10.5 Å². The third kappa shape index (κ3) is 3.42. The van der Waals surface area contributed by atoms with Gasteiger partial charge in [-0.3, -0.25) is 10.1 Å². The Morgan fingerprint density at radius 2 is 1.96 bits per heavy atom. The zero-order valence-corrected chi connectivity index (χ0v) is 13.0. The van der Waals surface area contributed by atoms with Crippen molar-refractivity contribution in [3.8, 4) is 11.5 Å². The third-order valence-electron chi connectivity index (χ3n) is 2.89. The van der Waals surface area contributed by atoms with Gasteiger partial charge in [-0.2, -0.15) is 0 Å². The first kappa shape index (κ1) is 15.3. The molecule has 0 saturated carbocycles. The Hall–Kier alpha value is -2.61. The molecule has 0 aliphatic heterocycles. The highest BCUT2D eigenvalue weighted by Crippen LogP contribution is 2.23. The van der Waals surface area contributed by atoms with Crippen LogP contribution < -0.4 is 5.32 Å². The van der Waals surface area contributed by atoms with Gasteiger partial charge >= 0.3 is 6.01 Å². The normalized spacial score (nSPS) is 10.6. The van der Waals surface area contributed by atoms with E-state index in [9.17, 15) is 13.6 Å². The second-order valence-corrected chi connectivity index (χ2v) is 5.42. The first-order valence-corrected chi connectivity index (χ1v) is 7.18. The zero-order chi connectivity index (χ0) is 16.4. The van der Waals surface area contributed by atoms with Crippen molar-refractivity contribution in [1.29, 1.82) is 0 Å². The van der Waals surface area contributed by atoms with E-state index < -0.39 is 17.5 Å². The van der Waals surface area contributed by atoms with Gasteiger partial charge in [-0.1, -0.05) is 27.1 Å². The molecule has 8 heteroatoms. The van der Waals surface area contributed by atoms with Gasteiger partial charge in [0.05, 0.1) is 5.56 Å². The molecular formula is C15H8BrF2N3O2. The summed E-state index contributed by atoms with van der Waals surface area (Å²) >= 11 is 3.26. The van der Waals surface area contributed by atoms with Gasteiger partial charge in [0, 0.05) is 16.1 Å². The zero-order valence-electron chi connectivity index (χ0n) is 11.4. The Kier molecular flexibility index (Phi) is 4.16. The number of halogens is 3. The van der Waals surface area contributed by atoms with Gasteiger partial charge in [-0.15, -0.1) is 5.10 Å². The summed E-state index contributed by atoms with van der Waals surface area (Å²) in [5.41, 5.74) is 0.328. The average molecular weight is 380 g/mol. The maximum absolute atomic E-state index is 13.7. The van der Waals surface area contributed by atoms with Gasteiger partial charge in [-0.05, 0) is 30.3 Å². The lowest BCUT2D eigenvalue weighted by Crippen LogP contribution is -2.11. The molecule has 0 fully saturated rings. The van der Waals surface area contributed by atoms with E-state index in [1.807, 2.05) is 0 Å². The van der Waals surface area contributed by atoms with Crippen molar-refractivity contribution in [2.45, 2.75) is 0 Å². The molecule has 0 saturated heterocycles. The van der Waals surface area contributed by atoms with Crippen LogP contribution in [0, 0.1) is 11.6 Å². The van der Waals surface area contributed by atoms with Crippen LogP contribution in [-0.4, -0.2) is 16.1 Å². The van der Waals surface area contributed by atoms with Crippen molar-refractivity contribution in [3.05, 3.63) is 64.1 Å². The van der Waals surface area contributed by atoms with Crippen molar-refractivity contribution in [1.82, 2.24) is 10.2 Å². The predicted octanol–water partition coefficient (Wildman–Crippen LogP) is 4.03. The van der Waals surface area contributed by atoms with E-state index in [0.29, 0.717) is 11.6 Å². The number of nitrogens with zero attached hydrogens (tertiary/aromatic N) is 2. The Labute approximate surface area is 137 Å². The molecule has 1 heterocycles. The number of carbonyl (C=O) groups excluding carboxylic acids is 1. The van der Waals surface area contributed by atoms with Crippen LogP contribution in [0.5, 0.6) is 0 Å². The average Bonchev–Trinajstić information content (AvgIpc) is 2.95. The fourth-order valence-corrected chi connectivity index (χ4v) is 2.24. The fraction of sp³-hybridized carbons (Fsp3) is 0. The van der Waals surface area contributed by atoms with Gasteiger partial charge in [0.25, 0.3) is 11.8 Å². The number of aromatic nitrogens is 2. The minimum atomic E-state index is -0.835. The molecule has 2 aromatic carbocycles. The second-order valence-electron chi connectivity index (χ2n) is 4.50. The molecule has 3 aromatic rings. The Balaban J connectivity index is 1.81. The minimum Gasteiger partial charge on any atom is -0.403 e. The summed E-state index contributed by atoms with van der Waals surface area (Å²) < 4.78 is 32.5. The summed E-state index contributed by atoms with van der Waals surface area (Å²) in [6.07, 6.45) is 0. The van der Waals surface area contributed by atoms with Crippen LogP contribution in [0.25, 0.3) is 11.5 Å². The molecule has 0 atom stereocenters. The van der Waals surface area contributed by atoms with Gasteiger partial charge < -0.3 is 4.42 Å².